The van der Waals surface area contributed by atoms with E-state index in [2.05, 4.69) is 22.6 Å². The van der Waals surface area contributed by atoms with E-state index in [4.69, 9.17) is 21.7 Å². The first-order chi connectivity index (χ1) is 10.1. The molecule has 0 bridgehead atoms. The predicted octanol–water partition coefficient (Wildman–Crippen LogP) is 2.08. The van der Waals surface area contributed by atoms with Gasteiger partial charge in [-0.25, -0.2) is 0 Å². The van der Waals surface area contributed by atoms with Crippen LogP contribution in [0.3, 0.4) is 0 Å². The molecule has 1 aliphatic heterocycles. The Morgan fingerprint density at radius 2 is 1.95 bits per heavy atom. The fraction of sp³-hybridized carbons (Fsp3) is 0.533. The van der Waals surface area contributed by atoms with Gasteiger partial charge in [0.2, 0.25) is 0 Å². The van der Waals surface area contributed by atoms with Gasteiger partial charge in [0.15, 0.2) is 5.11 Å². The number of hydrogen-bond acceptors (Lipinski definition) is 4. The van der Waals surface area contributed by atoms with Crippen LogP contribution in [0.15, 0.2) is 18.2 Å². The van der Waals surface area contributed by atoms with Gasteiger partial charge in [-0.1, -0.05) is 0 Å². The highest BCUT2D eigenvalue weighted by Crippen LogP contribution is 2.28. The van der Waals surface area contributed by atoms with Crippen LogP contribution in [0.25, 0.3) is 0 Å². The number of piperidine rings is 1. The Balaban J connectivity index is 1.93. The van der Waals surface area contributed by atoms with Crippen molar-refractivity contribution in [3.63, 3.8) is 0 Å². The summed E-state index contributed by atoms with van der Waals surface area (Å²) in [6.07, 6.45) is 2.22. The number of ether oxygens (including phenoxy) is 2. The Bertz CT molecular complexity index is 488. The topological polar surface area (TPSA) is 45.8 Å². The van der Waals surface area contributed by atoms with E-state index in [1.165, 1.54) is 0 Å². The molecule has 0 unspecified atom stereocenters. The van der Waals surface area contributed by atoms with E-state index >= 15 is 0 Å². The average Bonchev–Trinajstić information content (AvgIpc) is 2.50. The van der Waals surface area contributed by atoms with Crippen LogP contribution < -0.4 is 20.1 Å². The van der Waals surface area contributed by atoms with Crippen molar-refractivity contribution in [2.75, 3.05) is 39.7 Å². The summed E-state index contributed by atoms with van der Waals surface area (Å²) in [6.45, 7) is 2.21. The van der Waals surface area contributed by atoms with Crippen molar-refractivity contribution in [1.29, 1.82) is 0 Å². The first kappa shape index (κ1) is 15.9. The number of likely N-dealkylation sites (tertiary alicyclic amines) is 1. The van der Waals surface area contributed by atoms with Crippen molar-refractivity contribution >= 4 is 23.0 Å². The van der Waals surface area contributed by atoms with Crippen LogP contribution in [0, 0.1) is 0 Å². The van der Waals surface area contributed by atoms with E-state index < -0.39 is 0 Å². The zero-order valence-electron chi connectivity index (χ0n) is 12.8. The lowest BCUT2D eigenvalue weighted by Crippen LogP contribution is -2.44. The number of methoxy groups -OCH3 is 2. The summed E-state index contributed by atoms with van der Waals surface area (Å²) in [7, 11) is 5.41. The summed E-state index contributed by atoms with van der Waals surface area (Å²) >= 11 is 5.39. The lowest BCUT2D eigenvalue weighted by atomic mass is 10.1. The van der Waals surface area contributed by atoms with Crippen LogP contribution in [0.5, 0.6) is 11.5 Å². The van der Waals surface area contributed by atoms with Gasteiger partial charge in [0, 0.05) is 12.1 Å². The van der Waals surface area contributed by atoms with Gasteiger partial charge in [0.05, 0.1) is 19.9 Å². The average molecular weight is 309 g/mol. The number of hydrogen-bond donors (Lipinski definition) is 2. The summed E-state index contributed by atoms with van der Waals surface area (Å²) in [4.78, 5) is 2.33. The molecule has 0 atom stereocenters. The predicted molar refractivity (Wildman–Crippen MR) is 89.4 cm³/mol. The molecule has 116 valence electrons. The molecule has 1 saturated heterocycles. The molecule has 1 aliphatic rings. The van der Waals surface area contributed by atoms with E-state index in [1.807, 2.05) is 18.2 Å². The summed E-state index contributed by atoms with van der Waals surface area (Å²) in [5.74, 6) is 1.47. The maximum Gasteiger partial charge on any atom is 0.171 e. The summed E-state index contributed by atoms with van der Waals surface area (Å²) < 4.78 is 10.5. The fourth-order valence-corrected chi connectivity index (χ4v) is 2.68. The van der Waals surface area contributed by atoms with E-state index in [-0.39, 0.29) is 0 Å². The monoisotopic (exact) mass is 309 g/mol. The largest absolute Gasteiger partial charge is 0.497 e. The van der Waals surface area contributed by atoms with Crippen molar-refractivity contribution in [3.8, 4) is 11.5 Å². The molecule has 0 spiro atoms. The van der Waals surface area contributed by atoms with Crippen LogP contribution >= 0.6 is 12.2 Å². The molecule has 0 saturated carbocycles. The SMILES string of the molecule is COc1ccc(NC(=S)NC2CCN(C)CC2)c(OC)c1. The summed E-state index contributed by atoms with van der Waals surface area (Å²) in [5.41, 5.74) is 0.837. The van der Waals surface area contributed by atoms with Gasteiger partial charge < -0.3 is 25.0 Å². The van der Waals surface area contributed by atoms with Gasteiger partial charge in [0.1, 0.15) is 11.5 Å². The highest BCUT2D eigenvalue weighted by Gasteiger charge is 2.17. The lowest BCUT2D eigenvalue weighted by molar-refractivity contribution is 0.247. The molecule has 0 aromatic heterocycles. The third-order valence-corrected chi connectivity index (χ3v) is 3.93. The highest BCUT2D eigenvalue weighted by atomic mass is 32.1. The lowest BCUT2D eigenvalue weighted by Gasteiger charge is -2.30. The zero-order chi connectivity index (χ0) is 15.2. The van der Waals surface area contributed by atoms with Crippen molar-refractivity contribution in [3.05, 3.63) is 18.2 Å². The number of benzene rings is 1. The molecule has 1 heterocycles. The molecule has 1 fully saturated rings. The first-order valence-corrected chi connectivity index (χ1v) is 7.51. The van der Waals surface area contributed by atoms with E-state index in [1.54, 1.807) is 14.2 Å². The maximum absolute atomic E-state index is 5.39. The van der Waals surface area contributed by atoms with E-state index in [0.29, 0.717) is 16.9 Å². The van der Waals surface area contributed by atoms with Gasteiger partial charge in [0.25, 0.3) is 0 Å². The Hall–Kier alpha value is -1.53. The third kappa shape index (κ3) is 4.47. The third-order valence-electron chi connectivity index (χ3n) is 3.71. The van der Waals surface area contributed by atoms with Crippen molar-refractivity contribution in [1.82, 2.24) is 10.2 Å². The Morgan fingerprint density at radius 1 is 1.24 bits per heavy atom. The molecule has 2 rings (SSSR count). The van der Waals surface area contributed by atoms with Gasteiger partial charge in [-0.05, 0) is 57.3 Å². The molecular weight excluding hydrogens is 286 g/mol. The van der Waals surface area contributed by atoms with Gasteiger partial charge >= 0.3 is 0 Å². The molecule has 0 radical (unpaired) electrons. The van der Waals surface area contributed by atoms with Crippen molar-refractivity contribution < 1.29 is 9.47 Å². The van der Waals surface area contributed by atoms with Crippen molar-refractivity contribution in [2.24, 2.45) is 0 Å². The first-order valence-electron chi connectivity index (χ1n) is 7.10. The smallest absolute Gasteiger partial charge is 0.171 e. The maximum atomic E-state index is 5.39. The van der Waals surface area contributed by atoms with Crippen LogP contribution in [0.4, 0.5) is 5.69 Å². The molecule has 0 amide bonds. The fourth-order valence-electron chi connectivity index (χ4n) is 2.40. The number of rotatable bonds is 4. The Labute approximate surface area is 131 Å². The molecule has 6 heteroatoms. The summed E-state index contributed by atoms with van der Waals surface area (Å²) in [6, 6.07) is 6.05. The molecule has 0 aliphatic carbocycles. The normalized spacial score (nSPS) is 16.3. The minimum atomic E-state index is 0.436. The van der Waals surface area contributed by atoms with Gasteiger partial charge in [-0.15, -0.1) is 0 Å². The molecule has 21 heavy (non-hydrogen) atoms. The van der Waals surface area contributed by atoms with Gasteiger partial charge in [-0.3, -0.25) is 0 Å². The van der Waals surface area contributed by atoms with Crippen LogP contribution in [-0.2, 0) is 0 Å². The number of nitrogens with one attached hydrogen (secondary N) is 2. The van der Waals surface area contributed by atoms with E-state index in [0.717, 1.165) is 37.4 Å². The Kier molecular flexibility index (Phi) is 5.64. The summed E-state index contributed by atoms with van der Waals surface area (Å²) in [5, 5.41) is 7.20. The minimum absolute atomic E-state index is 0.436. The van der Waals surface area contributed by atoms with Gasteiger partial charge in [-0.2, -0.15) is 0 Å². The van der Waals surface area contributed by atoms with Crippen LogP contribution in [0.2, 0.25) is 0 Å². The molecular formula is C15H23N3O2S. The second-order valence-corrected chi connectivity index (χ2v) is 5.65. The number of thiocarbonyl (C=S) groups is 1. The molecule has 1 aromatic rings. The second kappa shape index (κ2) is 7.47. The molecule has 2 N–H and O–H groups in total. The van der Waals surface area contributed by atoms with Crippen LogP contribution in [0.1, 0.15) is 12.8 Å². The number of anilines is 1. The Morgan fingerprint density at radius 3 is 2.57 bits per heavy atom. The quantitative estimate of drug-likeness (QED) is 0.831. The standard InChI is InChI=1S/C15H23N3O2S/c1-18-8-6-11(7-9-18)16-15(21)17-13-5-4-12(19-2)10-14(13)20-3/h4-5,10-11H,6-9H2,1-3H3,(H2,16,17,21). The zero-order valence-corrected chi connectivity index (χ0v) is 13.6. The molecule has 1 aromatic carbocycles. The molecule has 5 nitrogen and oxygen atoms in total. The van der Waals surface area contributed by atoms with E-state index in [9.17, 15) is 0 Å². The minimum Gasteiger partial charge on any atom is -0.497 e. The second-order valence-electron chi connectivity index (χ2n) is 5.24. The van der Waals surface area contributed by atoms with Crippen LogP contribution in [-0.4, -0.2) is 50.4 Å². The highest BCUT2D eigenvalue weighted by molar-refractivity contribution is 7.80. The number of nitrogens with zero attached hydrogens (tertiary/aromatic N) is 1. The van der Waals surface area contributed by atoms with Crippen molar-refractivity contribution in [2.45, 2.75) is 18.9 Å².